The molecule has 0 N–H and O–H groups in total. The second-order valence-electron chi connectivity index (χ2n) is 4.79. The van der Waals surface area contributed by atoms with E-state index in [1.807, 2.05) is 10.6 Å². The first-order chi connectivity index (χ1) is 8.25. The van der Waals surface area contributed by atoms with Gasteiger partial charge >= 0.3 is 0 Å². The molecule has 4 nitrogen and oxygen atoms in total. The minimum Gasteiger partial charge on any atom is -0.195 e. The average molecular weight is 251 g/mol. The molecule has 5 heteroatoms. The van der Waals surface area contributed by atoms with Crippen molar-refractivity contribution in [1.29, 1.82) is 0 Å². The van der Waals surface area contributed by atoms with Crippen molar-refractivity contribution in [1.82, 2.24) is 19.8 Å². The molecule has 90 valence electrons. The van der Waals surface area contributed by atoms with Gasteiger partial charge < -0.3 is 0 Å². The highest BCUT2D eigenvalue weighted by Crippen LogP contribution is 2.42. The van der Waals surface area contributed by atoms with Crippen molar-refractivity contribution in [2.75, 3.05) is 0 Å². The molecular formula is C12H15ClN4. The van der Waals surface area contributed by atoms with Crippen LogP contribution in [0.4, 0.5) is 0 Å². The van der Waals surface area contributed by atoms with E-state index in [0.29, 0.717) is 5.15 Å². The topological polar surface area (TPSA) is 43.1 Å². The van der Waals surface area contributed by atoms with Gasteiger partial charge in [-0.1, -0.05) is 31.4 Å². The summed E-state index contributed by atoms with van der Waals surface area (Å²) in [5.41, 5.74) is 0.931. The minimum atomic E-state index is 0.150. The molecule has 0 radical (unpaired) electrons. The average Bonchev–Trinajstić information content (AvgIpc) is 2.94. The highest BCUT2D eigenvalue weighted by molar-refractivity contribution is 6.29. The van der Waals surface area contributed by atoms with Crippen LogP contribution < -0.4 is 0 Å². The molecule has 1 fully saturated rings. The maximum Gasteiger partial charge on any atom is 0.178 e. The van der Waals surface area contributed by atoms with Gasteiger partial charge in [0.15, 0.2) is 11.5 Å². The van der Waals surface area contributed by atoms with E-state index in [9.17, 15) is 0 Å². The normalized spacial score (nSPS) is 18.9. The van der Waals surface area contributed by atoms with Crippen molar-refractivity contribution in [2.45, 2.75) is 44.4 Å². The summed E-state index contributed by atoms with van der Waals surface area (Å²) in [7, 11) is 0. The number of hydrogen-bond acceptors (Lipinski definition) is 3. The number of aromatic nitrogens is 4. The van der Waals surface area contributed by atoms with E-state index in [0.717, 1.165) is 17.9 Å². The van der Waals surface area contributed by atoms with Gasteiger partial charge in [-0.05, 0) is 31.4 Å². The van der Waals surface area contributed by atoms with Gasteiger partial charge in [-0.15, -0.1) is 10.2 Å². The van der Waals surface area contributed by atoms with Gasteiger partial charge in [0, 0.05) is 5.41 Å². The number of nitrogens with zero attached hydrogens (tertiary/aromatic N) is 4. The van der Waals surface area contributed by atoms with Crippen LogP contribution in [-0.2, 0) is 5.41 Å². The van der Waals surface area contributed by atoms with E-state index in [4.69, 9.17) is 11.6 Å². The zero-order chi connectivity index (χ0) is 11.9. The molecule has 2 aromatic rings. The standard InChI is InChI=1S/C12H15ClN4/c1-2-12(7-3-4-8-12)11-15-14-10-6-5-9(13)16-17(10)11/h5-6H,2-4,7-8H2,1H3. The molecule has 2 aromatic heterocycles. The van der Waals surface area contributed by atoms with Gasteiger partial charge in [-0.25, -0.2) is 0 Å². The summed E-state index contributed by atoms with van der Waals surface area (Å²) < 4.78 is 1.82. The van der Waals surface area contributed by atoms with Crippen LogP contribution in [0.3, 0.4) is 0 Å². The molecule has 17 heavy (non-hydrogen) atoms. The van der Waals surface area contributed by atoms with Crippen LogP contribution in [0.5, 0.6) is 0 Å². The first-order valence-electron chi connectivity index (χ1n) is 6.14. The summed E-state index contributed by atoms with van der Waals surface area (Å²) in [5.74, 6) is 0.981. The molecule has 3 rings (SSSR count). The van der Waals surface area contributed by atoms with Crippen molar-refractivity contribution in [3.05, 3.63) is 23.1 Å². The minimum absolute atomic E-state index is 0.150. The lowest BCUT2D eigenvalue weighted by Gasteiger charge is -2.24. The molecule has 0 atom stereocenters. The molecule has 0 unspecified atom stereocenters. The van der Waals surface area contributed by atoms with E-state index in [2.05, 4.69) is 22.2 Å². The maximum absolute atomic E-state index is 5.96. The molecule has 0 spiro atoms. The Bertz CT molecular complexity index is 542. The van der Waals surface area contributed by atoms with Crippen LogP contribution in [0.25, 0.3) is 5.65 Å². The van der Waals surface area contributed by atoms with Crippen LogP contribution in [0.1, 0.15) is 44.9 Å². The van der Waals surface area contributed by atoms with Crippen LogP contribution in [0, 0.1) is 0 Å². The Labute approximate surface area is 105 Å². The van der Waals surface area contributed by atoms with Gasteiger partial charge in [0.25, 0.3) is 0 Å². The van der Waals surface area contributed by atoms with Crippen LogP contribution in [0.2, 0.25) is 5.15 Å². The maximum atomic E-state index is 5.96. The molecule has 0 saturated heterocycles. The number of hydrogen-bond donors (Lipinski definition) is 0. The Morgan fingerprint density at radius 2 is 2.06 bits per heavy atom. The van der Waals surface area contributed by atoms with E-state index < -0.39 is 0 Å². The van der Waals surface area contributed by atoms with Crippen molar-refractivity contribution in [3.63, 3.8) is 0 Å². The van der Waals surface area contributed by atoms with Crippen LogP contribution in [-0.4, -0.2) is 19.8 Å². The first kappa shape index (κ1) is 11.0. The van der Waals surface area contributed by atoms with Gasteiger partial charge in [0.2, 0.25) is 0 Å². The third kappa shape index (κ3) is 1.62. The highest BCUT2D eigenvalue weighted by atomic mass is 35.5. The monoisotopic (exact) mass is 250 g/mol. The summed E-state index contributed by atoms with van der Waals surface area (Å²) in [6.07, 6.45) is 5.98. The Balaban J connectivity index is 2.19. The third-order valence-electron chi connectivity index (χ3n) is 3.94. The highest BCUT2D eigenvalue weighted by Gasteiger charge is 2.38. The SMILES string of the molecule is CCC1(c2nnc3ccc(Cl)nn23)CCCC1. The number of rotatable bonds is 2. The van der Waals surface area contributed by atoms with E-state index >= 15 is 0 Å². The Hall–Kier alpha value is -1.16. The number of halogens is 1. The fourth-order valence-electron chi connectivity index (χ4n) is 2.88. The lowest BCUT2D eigenvalue weighted by atomic mass is 9.82. The van der Waals surface area contributed by atoms with Crippen molar-refractivity contribution < 1.29 is 0 Å². The zero-order valence-corrected chi connectivity index (χ0v) is 10.6. The van der Waals surface area contributed by atoms with Gasteiger partial charge in [0.1, 0.15) is 5.15 Å². The Kier molecular flexibility index (Phi) is 2.54. The molecule has 1 saturated carbocycles. The second kappa shape index (κ2) is 3.95. The Morgan fingerprint density at radius 3 is 2.76 bits per heavy atom. The quantitative estimate of drug-likeness (QED) is 0.823. The van der Waals surface area contributed by atoms with Crippen molar-refractivity contribution >= 4 is 17.2 Å². The molecule has 1 aliphatic rings. The second-order valence-corrected chi connectivity index (χ2v) is 5.18. The van der Waals surface area contributed by atoms with Crippen LogP contribution in [0.15, 0.2) is 12.1 Å². The van der Waals surface area contributed by atoms with E-state index in [1.54, 1.807) is 6.07 Å². The van der Waals surface area contributed by atoms with E-state index in [1.165, 1.54) is 25.7 Å². The molecular weight excluding hydrogens is 236 g/mol. The van der Waals surface area contributed by atoms with Crippen LogP contribution >= 0.6 is 11.6 Å². The fraction of sp³-hybridized carbons (Fsp3) is 0.583. The summed E-state index contributed by atoms with van der Waals surface area (Å²) in [6.45, 7) is 2.22. The third-order valence-corrected chi connectivity index (χ3v) is 4.14. The predicted octanol–water partition coefficient (Wildman–Crippen LogP) is 3.00. The van der Waals surface area contributed by atoms with Gasteiger partial charge in [-0.3, -0.25) is 0 Å². The number of fused-ring (bicyclic) bond motifs is 1. The molecule has 0 aliphatic heterocycles. The molecule has 0 amide bonds. The molecule has 0 bridgehead atoms. The molecule has 1 aliphatic carbocycles. The Morgan fingerprint density at radius 1 is 1.29 bits per heavy atom. The largest absolute Gasteiger partial charge is 0.195 e. The van der Waals surface area contributed by atoms with Crippen molar-refractivity contribution in [3.8, 4) is 0 Å². The first-order valence-corrected chi connectivity index (χ1v) is 6.51. The summed E-state index contributed by atoms with van der Waals surface area (Å²) in [4.78, 5) is 0. The molecule has 2 heterocycles. The van der Waals surface area contributed by atoms with Gasteiger partial charge in [0.05, 0.1) is 0 Å². The van der Waals surface area contributed by atoms with Crippen molar-refractivity contribution in [2.24, 2.45) is 0 Å². The van der Waals surface area contributed by atoms with Gasteiger partial charge in [-0.2, -0.15) is 9.61 Å². The zero-order valence-electron chi connectivity index (χ0n) is 9.86. The summed E-state index contributed by atoms with van der Waals surface area (Å²) in [6, 6.07) is 3.62. The smallest absolute Gasteiger partial charge is 0.178 e. The summed E-state index contributed by atoms with van der Waals surface area (Å²) >= 11 is 5.96. The summed E-state index contributed by atoms with van der Waals surface area (Å²) in [5, 5.41) is 13.4. The predicted molar refractivity (Wildman–Crippen MR) is 66.2 cm³/mol. The van der Waals surface area contributed by atoms with E-state index in [-0.39, 0.29) is 5.41 Å². The lowest BCUT2D eigenvalue weighted by molar-refractivity contribution is 0.389. The fourth-order valence-corrected chi connectivity index (χ4v) is 3.02. The lowest BCUT2D eigenvalue weighted by Crippen LogP contribution is -2.24. The molecule has 0 aromatic carbocycles.